The lowest BCUT2D eigenvalue weighted by Gasteiger charge is -2.16. The van der Waals surface area contributed by atoms with Gasteiger partial charge in [-0.15, -0.1) is 0 Å². The van der Waals surface area contributed by atoms with E-state index in [4.69, 9.17) is 17.3 Å². The van der Waals surface area contributed by atoms with Gasteiger partial charge in [0.1, 0.15) is 0 Å². The van der Waals surface area contributed by atoms with E-state index in [1.807, 2.05) is 18.4 Å². The second kappa shape index (κ2) is 4.26. The predicted molar refractivity (Wildman–Crippen MR) is 70.9 cm³/mol. The molecule has 0 radical (unpaired) electrons. The van der Waals surface area contributed by atoms with Crippen LogP contribution in [0.5, 0.6) is 0 Å². The average Bonchev–Trinajstić information content (AvgIpc) is 2.21. The summed E-state index contributed by atoms with van der Waals surface area (Å²) in [7, 11) is 0. The molecule has 2 rings (SSSR count). The molecule has 0 fully saturated rings. The summed E-state index contributed by atoms with van der Waals surface area (Å²) < 4.78 is 1.92. The summed E-state index contributed by atoms with van der Waals surface area (Å²) in [6.07, 6.45) is 0. The highest BCUT2D eigenvalue weighted by molar-refractivity contribution is 6.30. The van der Waals surface area contributed by atoms with Crippen LogP contribution in [0.4, 0.5) is 5.69 Å². The second-order valence-corrected chi connectivity index (χ2v) is 4.45. The SMILES string of the molecule is Cc1cc(=O)cc(C)n1-c1cc(Cl)ccc1N. The van der Waals surface area contributed by atoms with Crippen molar-refractivity contribution in [3.8, 4) is 5.69 Å². The number of benzene rings is 1. The van der Waals surface area contributed by atoms with Gasteiger partial charge in [-0.05, 0) is 32.0 Å². The van der Waals surface area contributed by atoms with Gasteiger partial charge in [0.2, 0.25) is 0 Å². The van der Waals surface area contributed by atoms with Crippen molar-refractivity contribution >= 4 is 17.3 Å². The normalized spacial score (nSPS) is 10.5. The zero-order valence-electron chi connectivity index (χ0n) is 9.70. The number of halogens is 1. The summed E-state index contributed by atoms with van der Waals surface area (Å²) in [6.45, 7) is 3.74. The highest BCUT2D eigenvalue weighted by Crippen LogP contribution is 2.23. The van der Waals surface area contributed by atoms with E-state index >= 15 is 0 Å². The number of hydrogen-bond donors (Lipinski definition) is 1. The summed E-state index contributed by atoms with van der Waals surface area (Å²) in [5.74, 6) is 0. The van der Waals surface area contributed by atoms with Gasteiger partial charge < -0.3 is 10.3 Å². The van der Waals surface area contributed by atoms with Crippen LogP contribution in [0.25, 0.3) is 5.69 Å². The van der Waals surface area contributed by atoms with Crippen molar-refractivity contribution in [2.75, 3.05) is 5.73 Å². The molecule has 0 aliphatic rings. The molecule has 17 heavy (non-hydrogen) atoms. The lowest BCUT2D eigenvalue weighted by Crippen LogP contribution is -2.12. The van der Waals surface area contributed by atoms with Gasteiger partial charge >= 0.3 is 0 Å². The van der Waals surface area contributed by atoms with E-state index in [1.165, 1.54) is 0 Å². The molecule has 88 valence electrons. The molecule has 2 N–H and O–H groups in total. The number of aromatic nitrogens is 1. The molecule has 0 saturated heterocycles. The standard InChI is InChI=1S/C13H13ClN2O/c1-8-5-11(17)6-9(2)16(8)13-7-10(14)3-4-12(13)15/h3-7H,15H2,1-2H3. The number of hydrogen-bond acceptors (Lipinski definition) is 2. The van der Waals surface area contributed by atoms with Crippen molar-refractivity contribution in [2.45, 2.75) is 13.8 Å². The Morgan fingerprint density at radius 1 is 1.12 bits per heavy atom. The molecule has 0 unspecified atom stereocenters. The van der Waals surface area contributed by atoms with Crippen molar-refractivity contribution < 1.29 is 0 Å². The Labute approximate surface area is 104 Å². The molecule has 2 aromatic rings. The lowest BCUT2D eigenvalue weighted by molar-refractivity contribution is 0.924. The Kier molecular flexibility index (Phi) is 2.94. The van der Waals surface area contributed by atoms with Gasteiger partial charge in [-0.25, -0.2) is 0 Å². The van der Waals surface area contributed by atoms with Gasteiger partial charge in [-0.2, -0.15) is 0 Å². The van der Waals surface area contributed by atoms with E-state index in [0.29, 0.717) is 10.7 Å². The van der Waals surface area contributed by atoms with E-state index in [-0.39, 0.29) is 5.43 Å². The summed E-state index contributed by atoms with van der Waals surface area (Å²) in [5, 5.41) is 0.617. The van der Waals surface area contributed by atoms with Crippen LogP contribution in [-0.2, 0) is 0 Å². The van der Waals surface area contributed by atoms with Crippen molar-refractivity contribution in [2.24, 2.45) is 0 Å². The van der Waals surface area contributed by atoms with Crippen LogP contribution in [0.1, 0.15) is 11.4 Å². The monoisotopic (exact) mass is 248 g/mol. The molecular weight excluding hydrogens is 236 g/mol. The third kappa shape index (κ3) is 2.19. The van der Waals surface area contributed by atoms with E-state index < -0.39 is 0 Å². The quantitative estimate of drug-likeness (QED) is 0.789. The molecule has 1 aromatic carbocycles. The molecule has 1 heterocycles. The Bertz CT molecular complexity index is 606. The molecule has 1 aromatic heterocycles. The molecular formula is C13H13ClN2O. The topological polar surface area (TPSA) is 48.0 Å². The fourth-order valence-electron chi connectivity index (χ4n) is 1.95. The molecule has 4 heteroatoms. The number of nitrogens with zero attached hydrogens (tertiary/aromatic N) is 1. The number of nitrogens with two attached hydrogens (primary N) is 1. The van der Waals surface area contributed by atoms with Gasteiger partial charge in [0.05, 0.1) is 11.4 Å². The first kappa shape index (κ1) is 11.7. The van der Waals surface area contributed by atoms with Crippen molar-refractivity contribution in [1.82, 2.24) is 4.57 Å². The smallest absolute Gasteiger partial charge is 0.182 e. The first-order valence-electron chi connectivity index (χ1n) is 5.25. The summed E-state index contributed by atoms with van der Waals surface area (Å²) in [6, 6.07) is 8.45. The molecule has 0 aliphatic heterocycles. The van der Waals surface area contributed by atoms with Crippen LogP contribution in [0.3, 0.4) is 0 Å². The number of nitrogen functional groups attached to an aromatic ring is 1. The molecule has 0 bridgehead atoms. The zero-order valence-corrected chi connectivity index (χ0v) is 10.5. The summed E-state index contributed by atoms with van der Waals surface area (Å²) >= 11 is 5.97. The number of rotatable bonds is 1. The molecule has 0 amide bonds. The van der Waals surface area contributed by atoms with Crippen LogP contribution in [0, 0.1) is 13.8 Å². The fourth-order valence-corrected chi connectivity index (χ4v) is 2.12. The molecule has 0 spiro atoms. The highest BCUT2D eigenvalue weighted by Gasteiger charge is 2.07. The van der Waals surface area contributed by atoms with Gasteiger partial charge in [0.25, 0.3) is 0 Å². The molecule has 0 atom stereocenters. The van der Waals surface area contributed by atoms with Crippen LogP contribution in [0.2, 0.25) is 5.02 Å². The number of anilines is 1. The summed E-state index contributed by atoms with van der Waals surface area (Å²) in [5.41, 5.74) is 9.04. The molecule has 0 aliphatic carbocycles. The largest absolute Gasteiger partial charge is 0.397 e. The maximum atomic E-state index is 11.4. The van der Waals surface area contributed by atoms with Gasteiger partial charge in [0.15, 0.2) is 5.43 Å². The first-order valence-corrected chi connectivity index (χ1v) is 5.62. The van der Waals surface area contributed by atoms with Gasteiger partial charge in [0, 0.05) is 28.5 Å². The Morgan fingerprint density at radius 3 is 2.29 bits per heavy atom. The van der Waals surface area contributed by atoms with E-state index in [2.05, 4.69) is 0 Å². The minimum atomic E-state index is -0.00292. The second-order valence-electron chi connectivity index (χ2n) is 4.01. The first-order chi connectivity index (χ1) is 7.99. The molecule has 3 nitrogen and oxygen atoms in total. The zero-order chi connectivity index (χ0) is 12.6. The third-order valence-electron chi connectivity index (χ3n) is 2.64. The van der Waals surface area contributed by atoms with Crippen LogP contribution >= 0.6 is 11.6 Å². The Morgan fingerprint density at radius 2 is 1.71 bits per heavy atom. The Hall–Kier alpha value is -1.74. The lowest BCUT2D eigenvalue weighted by atomic mass is 10.2. The van der Waals surface area contributed by atoms with E-state index in [1.54, 1.807) is 30.3 Å². The minimum Gasteiger partial charge on any atom is -0.397 e. The van der Waals surface area contributed by atoms with E-state index in [9.17, 15) is 4.79 Å². The maximum absolute atomic E-state index is 11.4. The average molecular weight is 249 g/mol. The highest BCUT2D eigenvalue weighted by atomic mass is 35.5. The summed E-state index contributed by atoms with van der Waals surface area (Å²) in [4.78, 5) is 11.4. The minimum absolute atomic E-state index is 0.00292. The van der Waals surface area contributed by atoms with Crippen LogP contribution in [-0.4, -0.2) is 4.57 Å². The number of aryl methyl sites for hydroxylation is 2. The van der Waals surface area contributed by atoms with Crippen molar-refractivity contribution in [3.63, 3.8) is 0 Å². The molecule has 0 saturated carbocycles. The Balaban J connectivity index is 2.77. The van der Waals surface area contributed by atoms with Gasteiger partial charge in [-0.3, -0.25) is 4.79 Å². The van der Waals surface area contributed by atoms with Gasteiger partial charge in [-0.1, -0.05) is 11.6 Å². The maximum Gasteiger partial charge on any atom is 0.182 e. The predicted octanol–water partition coefficient (Wildman–Crippen LogP) is 2.69. The fraction of sp³-hybridized carbons (Fsp3) is 0.154. The van der Waals surface area contributed by atoms with Crippen molar-refractivity contribution in [3.05, 3.63) is 57.0 Å². The number of pyridine rings is 1. The van der Waals surface area contributed by atoms with Crippen molar-refractivity contribution in [1.29, 1.82) is 0 Å². The van der Waals surface area contributed by atoms with Crippen LogP contribution in [0.15, 0.2) is 35.1 Å². The third-order valence-corrected chi connectivity index (χ3v) is 2.88. The van der Waals surface area contributed by atoms with Crippen LogP contribution < -0.4 is 11.2 Å². The van der Waals surface area contributed by atoms with E-state index in [0.717, 1.165) is 17.1 Å².